The maximum atomic E-state index is 12.3. The summed E-state index contributed by atoms with van der Waals surface area (Å²) in [5, 5.41) is 0. The Balaban J connectivity index is 1.77. The predicted molar refractivity (Wildman–Crippen MR) is 93.2 cm³/mol. The van der Waals surface area contributed by atoms with Crippen molar-refractivity contribution in [3.05, 3.63) is 0 Å². The number of fused-ring (bicyclic) bond motifs is 1. The molecule has 0 saturated carbocycles. The zero-order valence-corrected chi connectivity index (χ0v) is 16.5. The Hall–Kier alpha value is -0.690. The molecule has 146 valence electrons. The lowest BCUT2D eigenvalue weighted by Crippen LogP contribution is -2.38. The molecule has 4 unspecified atom stereocenters. The summed E-state index contributed by atoms with van der Waals surface area (Å²) in [6, 6.07) is 0. The van der Waals surface area contributed by atoms with E-state index in [0.29, 0.717) is 19.8 Å². The number of esters is 1. The van der Waals surface area contributed by atoms with Gasteiger partial charge in [-0.05, 0) is 32.1 Å². The van der Waals surface area contributed by atoms with Crippen molar-refractivity contribution < 1.29 is 28.5 Å². The van der Waals surface area contributed by atoms with Crippen LogP contribution in [0.1, 0.15) is 54.4 Å². The van der Waals surface area contributed by atoms with Crippen LogP contribution in [0.2, 0.25) is 0 Å². The zero-order valence-electron chi connectivity index (χ0n) is 16.5. The van der Waals surface area contributed by atoms with Gasteiger partial charge in [0.05, 0.1) is 25.2 Å². The first-order valence-electron chi connectivity index (χ1n) is 9.34. The quantitative estimate of drug-likeness (QED) is 0.359. The minimum atomic E-state index is -0.494. The smallest absolute Gasteiger partial charge is 0.311 e. The van der Waals surface area contributed by atoms with Crippen LogP contribution in [0.3, 0.4) is 0 Å². The number of carbonyl (C=O) groups excluding carboxylic acids is 1. The Morgan fingerprint density at radius 1 is 1.00 bits per heavy atom. The van der Waals surface area contributed by atoms with Crippen molar-refractivity contribution in [2.75, 3.05) is 26.6 Å². The molecule has 0 amide bonds. The van der Waals surface area contributed by atoms with Crippen LogP contribution in [-0.4, -0.2) is 57.0 Å². The van der Waals surface area contributed by atoms with Crippen LogP contribution >= 0.6 is 0 Å². The van der Waals surface area contributed by atoms with Gasteiger partial charge in [-0.1, -0.05) is 27.7 Å². The standard InChI is InChI=1S/C19H34O6/c1-7-18(3,4)11-21-12-24-13-9-22-16-14(10-23-15(13)16)25-17(20)19(5,6)8-2/h13-16H,7-12H2,1-6H3. The summed E-state index contributed by atoms with van der Waals surface area (Å²) in [7, 11) is 0. The van der Waals surface area contributed by atoms with Gasteiger partial charge in [0.15, 0.2) is 6.10 Å². The van der Waals surface area contributed by atoms with E-state index in [1.807, 2.05) is 20.8 Å². The van der Waals surface area contributed by atoms with Crippen molar-refractivity contribution in [3.8, 4) is 0 Å². The van der Waals surface area contributed by atoms with Crippen LogP contribution in [0.15, 0.2) is 0 Å². The molecule has 0 spiro atoms. The minimum absolute atomic E-state index is 0.146. The Morgan fingerprint density at radius 2 is 1.60 bits per heavy atom. The molecule has 6 nitrogen and oxygen atoms in total. The van der Waals surface area contributed by atoms with E-state index >= 15 is 0 Å². The van der Waals surface area contributed by atoms with E-state index in [0.717, 1.165) is 12.8 Å². The van der Waals surface area contributed by atoms with Crippen LogP contribution in [-0.2, 0) is 28.5 Å². The molecule has 0 N–H and O–H groups in total. The molecule has 2 rings (SSSR count). The van der Waals surface area contributed by atoms with Gasteiger partial charge in [-0.25, -0.2) is 0 Å². The normalized spacial score (nSPS) is 29.7. The molecular weight excluding hydrogens is 324 g/mol. The van der Waals surface area contributed by atoms with Crippen molar-refractivity contribution in [2.24, 2.45) is 10.8 Å². The van der Waals surface area contributed by atoms with Crippen molar-refractivity contribution in [3.63, 3.8) is 0 Å². The van der Waals surface area contributed by atoms with Crippen molar-refractivity contribution >= 4 is 5.97 Å². The van der Waals surface area contributed by atoms with Gasteiger partial charge >= 0.3 is 5.97 Å². The molecule has 2 heterocycles. The van der Waals surface area contributed by atoms with Crippen LogP contribution in [0.4, 0.5) is 0 Å². The molecule has 0 aliphatic carbocycles. The number of hydrogen-bond donors (Lipinski definition) is 0. The number of ether oxygens (including phenoxy) is 5. The Bertz CT molecular complexity index is 447. The largest absolute Gasteiger partial charge is 0.457 e. The molecule has 0 radical (unpaired) electrons. The van der Waals surface area contributed by atoms with Crippen molar-refractivity contribution in [2.45, 2.75) is 78.8 Å². The van der Waals surface area contributed by atoms with Crippen LogP contribution < -0.4 is 0 Å². The second kappa shape index (κ2) is 8.33. The highest BCUT2D eigenvalue weighted by molar-refractivity contribution is 5.76. The fraction of sp³-hybridized carbons (Fsp3) is 0.947. The second-order valence-corrected chi connectivity index (χ2v) is 8.47. The maximum absolute atomic E-state index is 12.3. The summed E-state index contributed by atoms with van der Waals surface area (Å²) >= 11 is 0. The van der Waals surface area contributed by atoms with E-state index in [9.17, 15) is 4.79 Å². The Morgan fingerprint density at radius 3 is 2.20 bits per heavy atom. The maximum Gasteiger partial charge on any atom is 0.311 e. The molecule has 0 aromatic carbocycles. The average Bonchev–Trinajstić information content (AvgIpc) is 3.15. The van der Waals surface area contributed by atoms with Gasteiger partial charge in [-0.2, -0.15) is 0 Å². The number of hydrogen-bond acceptors (Lipinski definition) is 6. The van der Waals surface area contributed by atoms with Crippen LogP contribution in [0, 0.1) is 10.8 Å². The van der Waals surface area contributed by atoms with Gasteiger partial charge in [0, 0.05) is 0 Å². The fourth-order valence-electron chi connectivity index (χ4n) is 2.67. The molecule has 6 heteroatoms. The first-order chi connectivity index (χ1) is 11.7. The van der Waals surface area contributed by atoms with Gasteiger partial charge in [-0.15, -0.1) is 0 Å². The lowest BCUT2D eigenvalue weighted by molar-refractivity contribution is -0.164. The summed E-state index contributed by atoms with van der Waals surface area (Å²) < 4.78 is 28.6. The van der Waals surface area contributed by atoms with E-state index in [4.69, 9.17) is 23.7 Å². The summed E-state index contributed by atoms with van der Waals surface area (Å²) in [6.45, 7) is 13.9. The van der Waals surface area contributed by atoms with E-state index < -0.39 is 5.41 Å². The lowest BCUT2D eigenvalue weighted by Gasteiger charge is -2.24. The molecule has 0 bridgehead atoms. The summed E-state index contributed by atoms with van der Waals surface area (Å²) in [5.41, 5.74) is -0.347. The summed E-state index contributed by atoms with van der Waals surface area (Å²) in [5.74, 6) is -0.206. The van der Waals surface area contributed by atoms with E-state index in [2.05, 4.69) is 20.8 Å². The average molecular weight is 358 g/mol. The molecule has 4 atom stereocenters. The van der Waals surface area contributed by atoms with Gasteiger partial charge in [0.2, 0.25) is 0 Å². The van der Waals surface area contributed by atoms with Crippen molar-refractivity contribution in [1.29, 1.82) is 0 Å². The highest BCUT2D eigenvalue weighted by Gasteiger charge is 2.50. The van der Waals surface area contributed by atoms with E-state index in [-0.39, 0.29) is 42.6 Å². The molecular formula is C19H34O6. The number of rotatable bonds is 9. The molecule has 2 fully saturated rings. The van der Waals surface area contributed by atoms with Gasteiger partial charge in [-0.3, -0.25) is 4.79 Å². The third-order valence-electron chi connectivity index (χ3n) is 5.47. The van der Waals surface area contributed by atoms with Crippen LogP contribution in [0.25, 0.3) is 0 Å². The first-order valence-corrected chi connectivity index (χ1v) is 9.34. The predicted octanol–water partition coefficient (Wildman–Crippen LogP) is 2.93. The number of carbonyl (C=O) groups is 1. The third kappa shape index (κ3) is 5.16. The van der Waals surface area contributed by atoms with E-state index in [1.54, 1.807) is 0 Å². The highest BCUT2D eigenvalue weighted by Crippen LogP contribution is 2.32. The Labute approximate surface area is 151 Å². The highest BCUT2D eigenvalue weighted by atomic mass is 16.7. The van der Waals surface area contributed by atoms with Crippen LogP contribution in [0.5, 0.6) is 0 Å². The molecule has 2 aliphatic rings. The zero-order chi connectivity index (χ0) is 18.7. The first kappa shape index (κ1) is 20.6. The van der Waals surface area contributed by atoms with Crippen molar-refractivity contribution in [1.82, 2.24) is 0 Å². The minimum Gasteiger partial charge on any atom is -0.457 e. The SMILES string of the molecule is CCC(C)(C)COCOC1COC2C(OC(=O)C(C)(C)CC)COC12. The Kier molecular flexibility index (Phi) is 6.87. The third-order valence-corrected chi connectivity index (χ3v) is 5.47. The summed E-state index contributed by atoms with van der Waals surface area (Å²) in [6.07, 6.45) is 0.772. The molecule has 0 aromatic heterocycles. The van der Waals surface area contributed by atoms with Gasteiger partial charge in [0.1, 0.15) is 25.1 Å². The molecule has 2 aliphatic heterocycles. The van der Waals surface area contributed by atoms with Gasteiger partial charge in [0.25, 0.3) is 0 Å². The molecule has 25 heavy (non-hydrogen) atoms. The monoisotopic (exact) mass is 358 g/mol. The molecule has 2 saturated heterocycles. The summed E-state index contributed by atoms with van der Waals surface area (Å²) in [4.78, 5) is 12.3. The lowest BCUT2D eigenvalue weighted by atomic mass is 9.90. The van der Waals surface area contributed by atoms with E-state index in [1.165, 1.54) is 0 Å². The topological polar surface area (TPSA) is 63.2 Å². The molecule has 0 aromatic rings. The second-order valence-electron chi connectivity index (χ2n) is 8.47. The van der Waals surface area contributed by atoms with Gasteiger partial charge < -0.3 is 23.7 Å². The fourth-order valence-corrected chi connectivity index (χ4v) is 2.67.